The van der Waals surface area contributed by atoms with Gasteiger partial charge in [-0.1, -0.05) is 45.0 Å². The average Bonchev–Trinajstić information content (AvgIpc) is 3.19. The highest BCUT2D eigenvalue weighted by molar-refractivity contribution is 5.98. The first kappa shape index (κ1) is 23.1. The quantitative estimate of drug-likeness (QED) is 0.723. The van der Waals surface area contributed by atoms with E-state index in [-0.39, 0.29) is 17.2 Å². The molecule has 0 bridgehead atoms. The SMILES string of the molecule is CC(C)(C)c1ccc(C(=O)N2CCC(c3ccc4c(c3)CN(C3CCCNC3)C4=O)CC2)cc1. The smallest absolute Gasteiger partial charge is 0.254 e. The van der Waals surface area contributed by atoms with Crippen LogP contribution in [0.5, 0.6) is 0 Å². The van der Waals surface area contributed by atoms with Crippen LogP contribution in [-0.2, 0) is 12.0 Å². The first-order valence-corrected chi connectivity index (χ1v) is 12.9. The number of hydrogen-bond acceptors (Lipinski definition) is 3. The molecule has 180 valence electrons. The zero-order valence-corrected chi connectivity index (χ0v) is 20.8. The molecule has 2 aromatic rings. The van der Waals surface area contributed by atoms with Gasteiger partial charge in [0.15, 0.2) is 0 Å². The summed E-state index contributed by atoms with van der Waals surface area (Å²) in [4.78, 5) is 30.1. The maximum Gasteiger partial charge on any atom is 0.254 e. The van der Waals surface area contributed by atoms with Gasteiger partial charge in [-0.15, -0.1) is 0 Å². The van der Waals surface area contributed by atoms with Crippen molar-refractivity contribution < 1.29 is 9.59 Å². The Kier molecular flexibility index (Phi) is 6.24. The number of nitrogens with one attached hydrogen (secondary N) is 1. The largest absolute Gasteiger partial charge is 0.339 e. The summed E-state index contributed by atoms with van der Waals surface area (Å²) in [5.74, 6) is 0.765. The van der Waals surface area contributed by atoms with E-state index in [9.17, 15) is 9.59 Å². The van der Waals surface area contributed by atoms with Gasteiger partial charge in [0.05, 0.1) is 0 Å². The van der Waals surface area contributed by atoms with Gasteiger partial charge < -0.3 is 15.1 Å². The third-order valence-electron chi connectivity index (χ3n) is 7.92. The van der Waals surface area contributed by atoms with Gasteiger partial charge in [0.2, 0.25) is 0 Å². The van der Waals surface area contributed by atoms with Gasteiger partial charge in [-0.2, -0.15) is 0 Å². The van der Waals surface area contributed by atoms with E-state index in [4.69, 9.17) is 0 Å². The van der Waals surface area contributed by atoms with Crippen molar-refractivity contribution in [2.24, 2.45) is 0 Å². The standard InChI is InChI=1S/C29H37N3O2/c1-29(2,3)24-9-6-21(7-10-24)27(33)31-15-12-20(13-16-31)22-8-11-26-23(17-22)19-32(28(26)34)25-5-4-14-30-18-25/h6-11,17,20,25,30H,4-5,12-16,18-19H2,1-3H3. The Bertz CT molecular complexity index is 1060. The van der Waals surface area contributed by atoms with Gasteiger partial charge >= 0.3 is 0 Å². The molecule has 0 aliphatic carbocycles. The third kappa shape index (κ3) is 4.50. The highest BCUT2D eigenvalue weighted by atomic mass is 16.2. The minimum atomic E-state index is 0.0880. The van der Waals surface area contributed by atoms with Crippen LogP contribution < -0.4 is 5.32 Å². The van der Waals surface area contributed by atoms with E-state index in [2.05, 4.69) is 55.3 Å². The van der Waals surface area contributed by atoms with Crippen LogP contribution in [0, 0.1) is 0 Å². The molecule has 2 amide bonds. The number of hydrogen-bond donors (Lipinski definition) is 1. The lowest BCUT2D eigenvalue weighted by Gasteiger charge is -2.32. The Hall–Kier alpha value is -2.66. The second kappa shape index (κ2) is 9.18. The molecule has 0 saturated carbocycles. The maximum absolute atomic E-state index is 13.1. The second-order valence-corrected chi connectivity index (χ2v) is 11.2. The molecule has 2 saturated heterocycles. The number of carbonyl (C=O) groups excluding carboxylic acids is 2. The number of carbonyl (C=O) groups is 2. The molecular weight excluding hydrogens is 422 g/mol. The Morgan fingerprint density at radius 1 is 1.00 bits per heavy atom. The molecule has 5 rings (SSSR count). The summed E-state index contributed by atoms with van der Waals surface area (Å²) in [6, 6.07) is 14.9. The maximum atomic E-state index is 13.1. The number of piperidine rings is 2. The number of benzene rings is 2. The van der Waals surface area contributed by atoms with Gasteiger partial charge in [-0.3, -0.25) is 9.59 Å². The summed E-state index contributed by atoms with van der Waals surface area (Å²) in [6.45, 7) is 10.8. The highest BCUT2D eigenvalue weighted by Crippen LogP contribution is 2.34. The van der Waals surface area contributed by atoms with Gasteiger partial charge in [0.1, 0.15) is 0 Å². The zero-order valence-electron chi connectivity index (χ0n) is 20.8. The molecule has 3 aliphatic heterocycles. The average molecular weight is 460 g/mol. The summed E-state index contributed by atoms with van der Waals surface area (Å²) < 4.78 is 0. The minimum Gasteiger partial charge on any atom is -0.339 e. The predicted octanol–water partition coefficient (Wildman–Crippen LogP) is 4.71. The number of amides is 2. The highest BCUT2D eigenvalue weighted by Gasteiger charge is 2.34. The summed E-state index contributed by atoms with van der Waals surface area (Å²) in [6.07, 6.45) is 4.16. The summed E-state index contributed by atoms with van der Waals surface area (Å²) in [7, 11) is 0. The van der Waals surface area contributed by atoms with Crippen molar-refractivity contribution in [3.8, 4) is 0 Å². The molecule has 5 heteroatoms. The van der Waals surface area contributed by atoms with Crippen molar-refractivity contribution in [2.45, 2.75) is 70.4 Å². The topological polar surface area (TPSA) is 52.7 Å². The molecule has 1 atom stereocenters. The first-order chi connectivity index (χ1) is 16.3. The van der Waals surface area contributed by atoms with E-state index < -0.39 is 0 Å². The van der Waals surface area contributed by atoms with Crippen LogP contribution in [-0.4, -0.2) is 53.8 Å². The molecule has 34 heavy (non-hydrogen) atoms. The van der Waals surface area contributed by atoms with E-state index in [1.807, 2.05) is 23.1 Å². The van der Waals surface area contributed by atoms with Crippen molar-refractivity contribution in [2.75, 3.05) is 26.2 Å². The number of rotatable bonds is 3. The fourth-order valence-corrected chi connectivity index (χ4v) is 5.72. The molecule has 1 unspecified atom stereocenters. The summed E-state index contributed by atoms with van der Waals surface area (Å²) >= 11 is 0. The van der Waals surface area contributed by atoms with E-state index >= 15 is 0 Å². The van der Waals surface area contributed by atoms with E-state index in [0.717, 1.165) is 69.5 Å². The van der Waals surface area contributed by atoms with Crippen LogP contribution in [0.2, 0.25) is 0 Å². The van der Waals surface area contributed by atoms with Crippen LogP contribution in [0.25, 0.3) is 0 Å². The van der Waals surface area contributed by atoms with Gasteiger partial charge in [-0.05, 0) is 78.5 Å². The van der Waals surface area contributed by atoms with Crippen LogP contribution in [0.15, 0.2) is 42.5 Å². The predicted molar refractivity (Wildman–Crippen MR) is 135 cm³/mol. The number of likely N-dealkylation sites (tertiary alicyclic amines) is 1. The van der Waals surface area contributed by atoms with E-state index in [1.54, 1.807) is 0 Å². The fraction of sp³-hybridized carbons (Fsp3) is 0.517. The fourth-order valence-electron chi connectivity index (χ4n) is 5.72. The van der Waals surface area contributed by atoms with Crippen LogP contribution in [0.4, 0.5) is 0 Å². The van der Waals surface area contributed by atoms with Crippen molar-refractivity contribution >= 4 is 11.8 Å². The van der Waals surface area contributed by atoms with E-state index in [0.29, 0.717) is 12.0 Å². The molecule has 3 heterocycles. The molecule has 1 N–H and O–H groups in total. The van der Waals surface area contributed by atoms with Crippen molar-refractivity contribution in [1.82, 2.24) is 15.1 Å². The monoisotopic (exact) mass is 459 g/mol. The first-order valence-electron chi connectivity index (χ1n) is 12.9. The third-order valence-corrected chi connectivity index (χ3v) is 7.92. The Labute approximate surface area is 203 Å². The Morgan fingerprint density at radius 3 is 2.38 bits per heavy atom. The molecule has 0 radical (unpaired) electrons. The van der Waals surface area contributed by atoms with Gasteiger partial charge in [0.25, 0.3) is 11.8 Å². The Balaban J connectivity index is 1.21. The molecule has 5 nitrogen and oxygen atoms in total. The van der Waals surface area contributed by atoms with Crippen molar-refractivity contribution in [1.29, 1.82) is 0 Å². The molecule has 2 fully saturated rings. The minimum absolute atomic E-state index is 0.0880. The summed E-state index contributed by atoms with van der Waals surface area (Å²) in [5, 5.41) is 3.43. The van der Waals surface area contributed by atoms with Gasteiger partial charge in [-0.25, -0.2) is 0 Å². The molecular formula is C29H37N3O2. The van der Waals surface area contributed by atoms with Gasteiger partial charge in [0, 0.05) is 43.3 Å². The lowest BCUT2D eigenvalue weighted by atomic mass is 9.86. The van der Waals surface area contributed by atoms with Crippen molar-refractivity contribution in [3.05, 3.63) is 70.3 Å². The molecule has 0 aromatic heterocycles. The summed E-state index contributed by atoms with van der Waals surface area (Å²) in [5.41, 5.74) is 5.48. The molecule has 0 spiro atoms. The number of nitrogens with zero attached hydrogens (tertiary/aromatic N) is 2. The van der Waals surface area contributed by atoms with Crippen LogP contribution in [0.1, 0.15) is 89.8 Å². The van der Waals surface area contributed by atoms with E-state index in [1.165, 1.54) is 16.7 Å². The lowest BCUT2D eigenvalue weighted by Crippen LogP contribution is -2.46. The second-order valence-electron chi connectivity index (χ2n) is 11.2. The normalized spacial score (nSPS) is 21.6. The lowest BCUT2D eigenvalue weighted by molar-refractivity contribution is 0.0673. The zero-order chi connectivity index (χ0) is 23.9. The van der Waals surface area contributed by atoms with Crippen LogP contribution in [0.3, 0.4) is 0 Å². The van der Waals surface area contributed by atoms with Crippen molar-refractivity contribution in [3.63, 3.8) is 0 Å². The number of fused-ring (bicyclic) bond motifs is 1. The van der Waals surface area contributed by atoms with Crippen LogP contribution >= 0.6 is 0 Å². The Morgan fingerprint density at radius 2 is 1.74 bits per heavy atom. The molecule has 2 aromatic carbocycles. The molecule has 3 aliphatic rings.